The summed E-state index contributed by atoms with van der Waals surface area (Å²) in [6, 6.07) is 17.2. The molecule has 6 rings (SSSR count). The molecule has 0 radical (unpaired) electrons. The van der Waals surface area contributed by atoms with Crippen LogP contribution in [0.5, 0.6) is 0 Å². The summed E-state index contributed by atoms with van der Waals surface area (Å²) in [5.74, 6) is -0.142. The molecular weight excluding hydrogens is 366 g/mol. The van der Waals surface area contributed by atoms with Crippen molar-refractivity contribution in [2.75, 3.05) is 0 Å². The van der Waals surface area contributed by atoms with Gasteiger partial charge < -0.3 is 0 Å². The van der Waals surface area contributed by atoms with E-state index in [0.29, 0.717) is 17.1 Å². The molecule has 0 saturated heterocycles. The first-order valence-corrected chi connectivity index (χ1v) is 8.82. The number of hydrogen-bond donors (Lipinski definition) is 0. The molecule has 0 N–H and O–H groups in total. The van der Waals surface area contributed by atoms with Crippen LogP contribution in [0.25, 0.3) is 31.3 Å². The molecule has 3 aliphatic carbocycles. The fourth-order valence-corrected chi connectivity index (χ4v) is 4.57. The van der Waals surface area contributed by atoms with E-state index in [-0.39, 0.29) is 11.8 Å². The van der Waals surface area contributed by atoms with Gasteiger partial charge in [-0.2, -0.15) is 0 Å². The Morgan fingerprint density at radius 3 is 1.10 bits per heavy atom. The molecule has 136 valence electrons. The average molecular weight is 377 g/mol. The van der Waals surface area contributed by atoms with Crippen molar-refractivity contribution in [2.24, 2.45) is 15.3 Å². The Kier molecular flexibility index (Phi) is 3.66. The fraction of sp³-hybridized carbons (Fsp3) is 0.100. The average Bonchev–Trinajstić information content (AvgIpc) is 2.74. The summed E-state index contributed by atoms with van der Waals surface area (Å²) >= 11 is 0. The summed E-state index contributed by atoms with van der Waals surface area (Å²) in [6.07, 6.45) is 0. The van der Waals surface area contributed by atoms with Gasteiger partial charge in [-0.3, -0.25) is 0 Å². The van der Waals surface area contributed by atoms with Gasteiger partial charge in [0.2, 0.25) is 0 Å². The molecule has 0 saturated carbocycles. The molecule has 9 nitrogen and oxygen atoms in total. The molecule has 0 aliphatic heterocycles. The lowest BCUT2D eigenvalue weighted by atomic mass is 9.61. The number of azide groups is 3. The maximum absolute atomic E-state index is 8.83. The van der Waals surface area contributed by atoms with Crippen LogP contribution in [0.2, 0.25) is 0 Å². The van der Waals surface area contributed by atoms with Crippen LogP contribution in [0, 0.1) is 0 Å². The second kappa shape index (κ2) is 6.34. The Labute approximate surface area is 164 Å². The van der Waals surface area contributed by atoms with Crippen molar-refractivity contribution in [3.8, 4) is 0 Å². The van der Waals surface area contributed by atoms with E-state index in [1.165, 1.54) is 0 Å². The fourth-order valence-electron chi connectivity index (χ4n) is 4.57. The van der Waals surface area contributed by atoms with E-state index in [4.69, 9.17) is 16.6 Å². The molecule has 3 aliphatic rings. The molecule has 9 heteroatoms. The Bertz CT molecular complexity index is 1170. The second-order valence-corrected chi connectivity index (χ2v) is 6.87. The molecule has 0 aromatic heterocycles. The van der Waals surface area contributed by atoms with Gasteiger partial charge in [0, 0.05) is 43.6 Å². The summed E-state index contributed by atoms with van der Waals surface area (Å²) in [4.78, 5) is 8.69. The third kappa shape index (κ3) is 2.41. The van der Waals surface area contributed by atoms with E-state index < -0.39 is 0 Å². The van der Waals surface area contributed by atoms with Crippen molar-refractivity contribution >= 4 is 17.1 Å². The zero-order valence-electron chi connectivity index (χ0n) is 14.9. The maximum Gasteiger partial charge on any atom is 0.0378 e. The van der Waals surface area contributed by atoms with Crippen LogP contribution in [-0.2, 0) is 0 Å². The van der Waals surface area contributed by atoms with Crippen LogP contribution in [0.15, 0.2) is 69.9 Å². The van der Waals surface area contributed by atoms with Crippen LogP contribution in [-0.4, -0.2) is 0 Å². The number of rotatable bonds is 3. The highest BCUT2D eigenvalue weighted by molar-refractivity contribution is 5.72. The van der Waals surface area contributed by atoms with E-state index in [1.54, 1.807) is 0 Å². The van der Waals surface area contributed by atoms with E-state index in [0.717, 1.165) is 33.4 Å². The Hall–Kier alpha value is -4.41. The lowest BCUT2D eigenvalue weighted by molar-refractivity contribution is 0.754. The minimum Gasteiger partial charge on any atom is -0.0608 e. The lowest BCUT2D eigenvalue weighted by Gasteiger charge is -2.42. The molecule has 2 bridgehead atoms. The van der Waals surface area contributed by atoms with Crippen molar-refractivity contribution < 1.29 is 0 Å². The van der Waals surface area contributed by atoms with Gasteiger partial charge in [0.25, 0.3) is 0 Å². The first-order chi connectivity index (χ1) is 14.2. The molecule has 3 aromatic rings. The predicted octanol–water partition coefficient (Wildman–Crippen LogP) is 7.50. The summed E-state index contributed by atoms with van der Waals surface area (Å²) < 4.78 is 0. The van der Waals surface area contributed by atoms with Crippen molar-refractivity contribution in [2.45, 2.75) is 11.8 Å². The van der Waals surface area contributed by atoms with Gasteiger partial charge in [-0.1, -0.05) is 51.7 Å². The van der Waals surface area contributed by atoms with Crippen LogP contribution < -0.4 is 0 Å². The Morgan fingerprint density at radius 1 is 0.483 bits per heavy atom. The quantitative estimate of drug-likeness (QED) is 0.174. The van der Waals surface area contributed by atoms with Crippen LogP contribution in [0.3, 0.4) is 0 Å². The van der Waals surface area contributed by atoms with Crippen molar-refractivity contribution in [1.29, 1.82) is 0 Å². The van der Waals surface area contributed by atoms with Crippen molar-refractivity contribution in [3.63, 3.8) is 0 Å². The highest BCUT2D eigenvalue weighted by Crippen LogP contribution is 2.57. The zero-order valence-corrected chi connectivity index (χ0v) is 14.9. The van der Waals surface area contributed by atoms with Gasteiger partial charge in [-0.15, -0.1) is 0 Å². The van der Waals surface area contributed by atoms with Gasteiger partial charge in [0.15, 0.2) is 0 Å². The molecule has 0 heterocycles. The highest BCUT2D eigenvalue weighted by atomic mass is 15.1. The van der Waals surface area contributed by atoms with Gasteiger partial charge in [-0.05, 0) is 68.2 Å². The maximum atomic E-state index is 8.83. The molecule has 0 atom stereocenters. The number of nitrogens with zero attached hydrogens (tertiary/aromatic N) is 9. The third-order valence-corrected chi connectivity index (χ3v) is 5.56. The van der Waals surface area contributed by atoms with Gasteiger partial charge in [0.05, 0.1) is 0 Å². The van der Waals surface area contributed by atoms with Crippen molar-refractivity contribution in [3.05, 3.63) is 119 Å². The van der Waals surface area contributed by atoms with Crippen LogP contribution in [0.4, 0.5) is 17.1 Å². The number of benzene rings is 3. The topological polar surface area (TPSA) is 146 Å². The first kappa shape index (κ1) is 16.7. The second-order valence-electron chi connectivity index (χ2n) is 6.87. The standard InChI is InChI=1S/C20H11N9/c21-27-24-10-1-4-13-16(7-10)20-17-8-11(25-28-22)2-5-14(17)19(13)15-6-3-12(26-29-23)9-18(15)20/h1-9,19-20H. The van der Waals surface area contributed by atoms with E-state index in [9.17, 15) is 0 Å². The Morgan fingerprint density at radius 2 is 0.793 bits per heavy atom. The summed E-state index contributed by atoms with van der Waals surface area (Å²) in [5, 5.41) is 11.3. The highest BCUT2D eigenvalue weighted by Gasteiger charge is 2.41. The van der Waals surface area contributed by atoms with E-state index in [1.807, 2.05) is 54.6 Å². The van der Waals surface area contributed by atoms with E-state index in [2.05, 4.69) is 30.1 Å². The summed E-state index contributed by atoms with van der Waals surface area (Å²) in [5.41, 5.74) is 34.7. The molecule has 0 fully saturated rings. The largest absolute Gasteiger partial charge is 0.0608 e. The Balaban J connectivity index is 1.82. The molecule has 0 unspecified atom stereocenters. The molecule has 3 aromatic carbocycles. The molecule has 0 amide bonds. The smallest absolute Gasteiger partial charge is 0.0378 e. The SMILES string of the molecule is [N-]=[N+]=Nc1ccc2c(c1)C1c3cc(N=[N+]=[N-])ccc3C2c2ccc(N=[N+]=[N-])cc21. The molecule has 29 heavy (non-hydrogen) atoms. The van der Waals surface area contributed by atoms with Gasteiger partial charge >= 0.3 is 0 Å². The normalized spacial score (nSPS) is 17.0. The monoisotopic (exact) mass is 377 g/mol. The number of hydrogen-bond acceptors (Lipinski definition) is 3. The minimum absolute atomic E-state index is 0.000320. The van der Waals surface area contributed by atoms with Gasteiger partial charge in [-0.25, -0.2) is 0 Å². The zero-order chi connectivity index (χ0) is 20.0. The van der Waals surface area contributed by atoms with Crippen molar-refractivity contribution in [1.82, 2.24) is 0 Å². The summed E-state index contributed by atoms with van der Waals surface area (Å²) in [7, 11) is 0. The van der Waals surface area contributed by atoms with Gasteiger partial charge in [0.1, 0.15) is 0 Å². The minimum atomic E-state index is -0.142. The van der Waals surface area contributed by atoms with Crippen LogP contribution in [0.1, 0.15) is 45.2 Å². The lowest BCUT2D eigenvalue weighted by Crippen LogP contribution is -2.27. The van der Waals surface area contributed by atoms with E-state index >= 15 is 0 Å². The molecule has 0 spiro atoms. The predicted molar refractivity (Wildman–Crippen MR) is 108 cm³/mol. The molecular formula is C20H11N9. The first-order valence-electron chi connectivity index (χ1n) is 8.82. The van der Waals surface area contributed by atoms with Crippen LogP contribution >= 0.6 is 0 Å². The summed E-state index contributed by atoms with van der Waals surface area (Å²) in [6.45, 7) is 0. The third-order valence-electron chi connectivity index (χ3n) is 5.56.